The van der Waals surface area contributed by atoms with Gasteiger partial charge in [0.1, 0.15) is 5.69 Å². The van der Waals surface area contributed by atoms with Crippen molar-refractivity contribution in [2.75, 3.05) is 5.73 Å². The van der Waals surface area contributed by atoms with E-state index in [0.717, 1.165) is 6.07 Å². The summed E-state index contributed by atoms with van der Waals surface area (Å²) in [4.78, 5) is 13.7. The number of hydrogen-bond acceptors (Lipinski definition) is 3. The second-order valence-electron chi connectivity index (χ2n) is 2.26. The van der Waals surface area contributed by atoms with Crippen LogP contribution < -0.4 is 5.73 Å². The highest BCUT2D eigenvalue weighted by molar-refractivity contribution is 5.92. The van der Waals surface area contributed by atoms with Crippen LogP contribution in [0.5, 0.6) is 0 Å². The summed E-state index contributed by atoms with van der Waals surface area (Å²) in [6, 6.07) is 1.00. The summed E-state index contributed by atoms with van der Waals surface area (Å²) in [5.74, 6) is -3.03. The molecule has 1 aromatic rings. The predicted molar refractivity (Wildman–Crippen MR) is 38.6 cm³/mol. The minimum atomic E-state index is -1.35. The van der Waals surface area contributed by atoms with Crippen molar-refractivity contribution >= 4 is 11.5 Å². The number of pyridine rings is 1. The van der Waals surface area contributed by atoms with E-state index in [1.165, 1.54) is 6.92 Å². The Morgan fingerprint density at radius 1 is 1.58 bits per heavy atom. The molecule has 0 unspecified atom stereocenters. The van der Waals surface area contributed by atoms with Crippen molar-refractivity contribution < 1.29 is 13.6 Å². The van der Waals surface area contributed by atoms with Crippen LogP contribution in [0.25, 0.3) is 0 Å². The molecule has 0 amide bonds. The predicted octanol–water partition coefficient (Wildman–Crippen LogP) is 1.14. The third-order valence-electron chi connectivity index (χ3n) is 1.31. The summed E-state index contributed by atoms with van der Waals surface area (Å²) in [7, 11) is 0. The van der Waals surface area contributed by atoms with E-state index in [-0.39, 0.29) is 5.69 Å². The molecule has 0 atom stereocenters. The Hall–Kier alpha value is -1.52. The quantitative estimate of drug-likeness (QED) is 0.510. The highest BCUT2D eigenvalue weighted by atomic mass is 19.2. The Morgan fingerprint density at radius 2 is 2.17 bits per heavy atom. The van der Waals surface area contributed by atoms with Crippen molar-refractivity contribution in [3.05, 3.63) is 23.5 Å². The van der Waals surface area contributed by atoms with E-state index < -0.39 is 23.2 Å². The SMILES string of the molecule is CC(=O)c1cc(N)c(F)c(F)n1. The second kappa shape index (κ2) is 2.84. The first-order valence-corrected chi connectivity index (χ1v) is 3.15. The molecular weight excluding hydrogens is 166 g/mol. The summed E-state index contributed by atoms with van der Waals surface area (Å²) in [5.41, 5.74) is 4.47. The molecule has 0 saturated carbocycles. The summed E-state index contributed by atoms with van der Waals surface area (Å²) < 4.78 is 25.0. The van der Waals surface area contributed by atoms with Gasteiger partial charge in [0.15, 0.2) is 5.78 Å². The molecule has 3 nitrogen and oxygen atoms in total. The van der Waals surface area contributed by atoms with Crippen LogP contribution in [0.2, 0.25) is 0 Å². The lowest BCUT2D eigenvalue weighted by Gasteiger charge is -1.99. The Labute approximate surface area is 67.2 Å². The number of halogens is 2. The van der Waals surface area contributed by atoms with Crippen LogP contribution >= 0.6 is 0 Å². The second-order valence-corrected chi connectivity index (χ2v) is 2.26. The fourth-order valence-electron chi connectivity index (χ4n) is 0.697. The van der Waals surface area contributed by atoms with Gasteiger partial charge in [0.05, 0.1) is 5.69 Å². The van der Waals surface area contributed by atoms with Gasteiger partial charge in [-0.25, -0.2) is 4.98 Å². The van der Waals surface area contributed by atoms with Crippen LogP contribution in [0.3, 0.4) is 0 Å². The molecule has 0 fully saturated rings. The standard InChI is InChI=1S/C7H6F2N2O/c1-3(12)5-2-4(10)6(8)7(9)11-5/h2H,1H3,(H2,10,11). The number of Topliss-reactive ketones (excluding diaryl/α,β-unsaturated/α-hetero) is 1. The Bertz CT molecular complexity index is 315. The third kappa shape index (κ3) is 1.39. The molecule has 0 aliphatic carbocycles. The molecule has 2 N–H and O–H groups in total. The maximum absolute atomic E-state index is 12.5. The van der Waals surface area contributed by atoms with Gasteiger partial charge < -0.3 is 5.73 Å². The monoisotopic (exact) mass is 172 g/mol. The Balaban J connectivity index is 3.31. The summed E-state index contributed by atoms with van der Waals surface area (Å²) in [6.07, 6.45) is 0. The minimum Gasteiger partial charge on any atom is -0.396 e. The molecule has 0 saturated heterocycles. The highest BCUT2D eigenvalue weighted by Gasteiger charge is 2.11. The maximum atomic E-state index is 12.5. The van der Waals surface area contributed by atoms with Crippen molar-refractivity contribution in [3.63, 3.8) is 0 Å². The van der Waals surface area contributed by atoms with E-state index >= 15 is 0 Å². The number of aromatic nitrogens is 1. The van der Waals surface area contributed by atoms with Gasteiger partial charge in [-0.1, -0.05) is 0 Å². The van der Waals surface area contributed by atoms with Crippen LogP contribution in [0.15, 0.2) is 6.07 Å². The molecule has 1 rings (SSSR count). The van der Waals surface area contributed by atoms with E-state index in [2.05, 4.69) is 4.98 Å². The zero-order valence-electron chi connectivity index (χ0n) is 6.27. The van der Waals surface area contributed by atoms with Crippen LogP contribution in [0.4, 0.5) is 14.5 Å². The lowest BCUT2D eigenvalue weighted by Crippen LogP contribution is -2.04. The minimum absolute atomic E-state index is 0.175. The topological polar surface area (TPSA) is 56.0 Å². The number of rotatable bonds is 1. The number of nitrogens with zero attached hydrogens (tertiary/aromatic N) is 1. The molecule has 0 aromatic carbocycles. The number of nitrogens with two attached hydrogens (primary N) is 1. The first-order valence-electron chi connectivity index (χ1n) is 3.15. The smallest absolute Gasteiger partial charge is 0.251 e. The molecule has 12 heavy (non-hydrogen) atoms. The summed E-state index contributed by atoms with van der Waals surface area (Å²) >= 11 is 0. The number of anilines is 1. The number of carbonyl (C=O) groups is 1. The van der Waals surface area contributed by atoms with Crippen LogP contribution in [0, 0.1) is 11.8 Å². The van der Waals surface area contributed by atoms with Gasteiger partial charge in [-0.3, -0.25) is 4.79 Å². The molecular formula is C7H6F2N2O. The molecule has 0 radical (unpaired) electrons. The average Bonchev–Trinajstić information content (AvgIpc) is 1.99. The van der Waals surface area contributed by atoms with Crippen molar-refractivity contribution in [2.45, 2.75) is 6.92 Å². The molecule has 1 heterocycles. The number of hydrogen-bond donors (Lipinski definition) is 1. The normalized spacial score (nSPS) is 9.92. The first kappa shape index (κ1) is 8.58. The molecule has 0 aliphatic heterocycles. The van der Waals surface area contributed by atoms with E-state index in [0.29, 0.717) is 0 Å². The van der Waals surface area contributed by atoms with Crippen molar-refractivity contribution in [2.24, 2.45) is 0 Å². The molecule has 0 spiro atoms. The van der Waals surface area contributed by atoms with Gasteiger partial charge >= 0.3 is 0 Å². The molecule has 5 heteroatoms. The molecule has 1 aromatic heterocycles. The summed E-state index contributed by atoms with van der Waals surface area (Å²) in [5, 5.41) is 0. The van der Waals surface area contributed by atoms with Crippen molar-refractivity contribution in [1.29, 1.82) is 0 Å². The van der Waals surface area contributed by atoms with E-state index in [1.54, 1.807) is 0 Å². The van der Waals surface area contributed by atoms with Crippen LogP contribution in [-0.2, 0) is 0 Å². The number of carbonyl (C=O) groups excluding carboxylic acids is 1. The van der Waals surface area contributed by atoms with Gasteiger partial charge in [0.25, 0.3) is 5.95 Å². The average molecular weight is 172 g/mol. The van der Waals surface area contributed by atoms with Crippen molar-refractivity contribution in [3.8, 4) is 0 Å². The Morgan fingerprint density at radius 3 is 2.58 bits per heavy atom. The van der Waals surface area contributed by atoms with Gasteiger partial charge in [0, 0.05) is 6.92 Å². The molecule has 64 valence electrons. The lowest BCUT2D eigenvalue weighted by atomic mass is 10.2. The van der Waals surface area contributed by atoms with Gasteiger partial charge in [-0.2, -0.15) is 8.78 Å². The third-order valence-corrected chi connectivity index (χ3v) is 1.31. The van der Waals surface area contributed by atoms with E-state index in [9.17, 15) is 13.6 Å². The number of ketones is 1. The largest absolute Gasteiger partial charge is 0.396 e. The molecule has 0 aliphatic rings. The van der Waals surface area contributed by atoms with Gasteiger partial charge in [-0.05, 0) is 6.07 Å². The zero-order valence-corrected chi connectivity index (χ0v) is 6.27. The van der Waals surface area contributed by atoms with E-state index in [4.69, 9.17) is 5.73 Å². The highest BCUT2D eigenvalue weighted by Crippen LogP contribution is 2.13. The maximum Gasteiger partial charge on any atom is 0.251 e. The Kier molecular flexibility index (Phi) is 2.03. The summed E-state index contributed by atoms with van der Waals surface area (Å²) in [6.45, 7) is 1.19. The van der Waals surface area contributed by atoms with Gasteiger partial charge in [0.2, 0.25) is 5.82 Å². The van der Waals surface area contributed by atoms with Gasteiger partial charge in [-0.15, -0.1) is 0 Å². The van der Waals surface area contributed by atoms with Crippen molar-refractivity contribution in [1.82, 2.24) is 4.98 Å². The number of nitrogen functional groups attached to an aromatic ring is 1. The van der Waals surface area contributed by atoms with E-state index in [1.807, 2.05) is 0 Å². The van der Waals surface area contributed by atoms with Crippen LogP contribution in [0.1, 0.15) is 17.4 Å². The lowest BCUT2D eigenvalue weighted by molar-refractivity contribution is 0.101. The van der Waals surface area contributed by atoms with Crippen LogP contribution in [-0.4, -0.2) is 10.8 Å². The molecule has 0 bridgehead atoms. The fourth-order valence-corrected chi connectivity index (χ4v) is 0.697. The fraction of sp³-hybridized carbons (Fsp3) is 0.143. The first-order chi connectivity index (χ1) is 5.52. The zero-order chi connectivity index (χ0) is 9.30.